The van der Waals surface area contributed by atoms with Crippen LogP contribution in [0.1, 0.15) is 36.0 Å². The van der Waals surface area contributed by atoms with Crippen LogP contribution in [-0.2, 0) is 6.54 Å². The van der Waals surface area contributed by atoms with Crippen molar-refractivity contribution in [3.8, 4) is 5.75 Å². The molecule has 0 saturated carbocycles. The molecule has 2 nitrogen and oxygen atoms in total. The number of phenolic OH excluding ortho intramolecular Hbond substituents is 1. The first-order valence-corrected chi connectivity index (χ1v) is 9.51. The van der Waals surface area contributed by atoms with Crippen molar-refractivity contribution in [3.63, 3.8) is 0 Å². The third kappa shape index (κ3) is 4.13. The number of hydrogen-bond donors (Lipinski definition) is 1. The summed E-state index contributed by atoms with van der Waals surface area (Å²) in [5.74, 6) is 0.454. The van der Waals surface area contributed by atoms with Crippen LogP contribution in [0.5, 0.6) is 5.75 Å². The van der Waals surface area contributed by atoms with Crippen LogP contribution in [0.3, 0.4) is 0 Å². The molecule has 1 saturated heterocycles. The van der Waals surface area contributed by atoms with Gasteiger partial charge < -0.3 is 5.11 Å². The summed E-state index contributed by atoms with van der Waals surface area (Å²) in [6.45, 7) is 7.60. The first-order chi connectivity index (χ1) is 11.1. The van der Waals surface area contributed by atoms with Crippen molar-refractivity contribution in [2.45, 2.75) is 39.7 Å². The molecule has 0 aliphatic carbocycles. The van der Waals surface area contributed by atoms with E-state index in [-0.39, 0.29) is 0 Å². The van der Waals surface area contributed by atoms with Gasteiger partial charge in [0, 0.05) is 11.8 Å². The molecule has 2 aromatic rings. The highest BCUT2D eigenvalue weighted by Crippen LogP contribution is 2.24. The lowest BCUT2D eigenvalue weighted by Crippen LogP contribution is -2.30. The summed E-state index contributed by atoms with van der Waals surface area (Å²) in [4.78, 5) is 2.57. The number of para-hydroxylation sites is 1. The lowest BCUT2D eigenvalue weighted by Gasteiger charge is -2.27. The Morgan fingerprint density at radius 1 is 1.00 bits per heavy atom. The number of piperidine rings is 1. The largest absolute Gasteiger partial charge is 0.507 e. The van der Waals surface area contributed by atoms with Crippen molar-refractivity contribution in [2.24, 2.45) is 0 Å². The predicted molar refractivity (Wildman–Crippen MR) is 101 cm³/mol. The zero-order valence-corrected chi connectivity index (χ0v) is 15.1. The van der Waals surface area contributed by atoms with E-state index in [1.165, 1.54) is 48.8 Å². The number of phenols is 1. The molecule has 0 spiro atoms. The topological polar surface area (TPSA) is 23.5 Å². The van der Waals surface area contributed by atoms with Crippen molar-refractivity contribution in [1.29, 1.82) is 0 Å². The van der Waals surface area contributed by atoms with E-state index in [9.17, 15) is 5.11 Å². The smallest absolute Gasteiger partial charge is 0.126 e. The van der Waals surface area contributed by atoms with Crippen LogP contribution >= 0.6 is 8.58 Å². The highest BCUT2D eigenvalue weighted by atomic mass is 31.1. The van der Waals surface area contributed by atoms with E-state index in [4.69, 9.17) is 0 Å². The van der Waals surface area contributed by atoms with Gasteiger partial charge in [-0.05, 0) is 56.2 Å². The monoisotopic (exact) mass is 327 g/mol. The number of benzene rings is 2. The molecule has 122 valence electrons. The van der Waals surface area contributed by atoms with Gasteiger partial charge in [0.15, 0.2) is 0 Å². The fraction of sp³-hybridized carbons (Fsp3) is 0.400. The SMILES string of the molecule is Cc1ccc(Pc2cccc(C)c2O)c(CN2CCCCC2)c1. The maximum atomic E-state index is 10.3. The van der Waals surface area contributed by atoms with E-state index < -0.39 is 0 Å². The average molecular weight is 327 g/mol. The highest BCUT2D eigenvalue weighted by molar-refractivity contribution is 7.55. The molecule has 1 unspecified atom stereocenters. The average Bonchev–Trinajstić information content (AvgIpc) is 2.55. The van der Waals surface area contributed by atoms with Gasteiger partial charge >= 0.3 is 0 Å². The Hall–Kier alpha value is -1.37. The lowest BCUT2D eigenvalue weighted by molar-refractivity contribution is 0.221. The van der Waals surface area contributed by atoms with Crippen LogP contribution in [0.4, 0.5) is 0 Å². The van der Waals surface area contributed by atoms with Gasteiger partial charge in [-0.3, -0.25) is 4.90 Å². The van der Waals surface area contributed by atoms with Gasteiger partial charge in [-0.25, -0.2) is 0 Å². The number of nitrogens with zero attached hydrogens (tertiary/aromatic N) is 1. The second-order valence-electron chi connectivity index (χ2n) is 6.59. The molecule has 1 heterocycles. The minimum atomic E-state index is 0.454. The molecule has 1 aliphatic heterocycles. The summed E-state index contributed by atoms with van der Waals surface area (Å²) in [7, 11) is 0.512. The molecule has 0 aromatic heterocycles. The number of aromatic hydroxyl groups is 1. The normalized spacial score (nSPS) is 16.3. The zero-order valence-electron chi connectivity index (χ0n) is 14.1. The summed E-state index contributed by atoms with van der Waals surface area (Å²) in [6, 6.07) is 12.8. The molecule has 0 bridgehead atoms. The van der Waals surface area contributed by atoms with Gasteiger partial charge in [0.25, 0.3) is 0 Å². The van der Waals surface area contributed by atoms with Crippen LogP contribution in [0, 0.1) is 13.8 Å². The first kappa shape index (κ1) is 16.5. The van der Waals surface area contributed by atoms with Crippen LogP contribution in [0.2, 0.25) is 0 Å². The summed E-state index contributed by atoms with van der Waals surface area (Å²) in [5, 5.41) is 12.7. The minimum absolute atomic E-state index is 0.454. The van der Waals surface area contributed by atoms with E-state index in [1.807, 2.05) is 25.1 Å². The number of likely N-dealkylation sites (tertiary alicyclic amines) is 1. The Morgan fingerprint density at radius 3 is 2.57 bits per heavy atom. The van der Waals surface area contributed by atoms with Gasteiger partial charge in [-0.1, -0.05) is 57.0 Å². The summed E-state index contributed by atoms with van der Waals surface area (Å²) < 4.78 is 0. The molecule has 3 heteroatoms. The standard InChI is InChI=1S/C20H26NOP/c1-15-9-10-18(23-19-8-6-7-16(2)20(19)22)17(13-15)14-21-11-4-3-5-12-21/h6-10,13,22-23H,3-5,11-12,14H2,1-2H3. The Bertz CT molecular complexity index is 677. The van der Waals surface area contributed by atoms with Crippen molar-refractivity contribution in [1.82, 2.24) is 4.90 Å². The third-order valence-electron chi connectivity index (χ3n) is 4.61. The van der Waals surface area contributed by atoms with E-state index >= 15 is 0 Å². The first-order valence-electron chi connectivity index (χ1n) is 8.51. The Morgan fingerprint density at radius 2 is 1.78 bits per heavy atom. The fourth-order valence-electron chi connectivity index (χ4n) is 3.24. The van der Waals surface area contributed by atoms with Gasteiger partial charge in [0.2, 0.25) is 0 Å². The van der Waals surface area contributed by atoms with Crippen LogP contribution in [-0.4, -0.2) is 23.1 Å². The second-order valence-corrected chi connectivity index (χ2v) is 7.92. The van der Waals surface area contributed by atoms with Crippen LogP contribution < -0.4 is 10.6 Å². The number of rotatable bonds is 4. The van der Waals surface area contributed by atoms with Crippen LogP contribution in [0.15, 0.2) is 36.4 Å². The molecule has 2 aromatic carbocycles. The summed E-state index contributed by atoms with van der Waals surface area (Å²) >= 11 is 0. The third-order valence-corrected chi connectivity index (χ3v) is 6.04. The molecule has 1 atom stereocenters. The molecule has 3 rings (SSSR count). The van der Waals surface area contributed by atoms with Crippen molar-refractivity contribution >= 4 is 19.2 Å². The van der Waals surface area contributed by atoms with E-state index in [1.54, 1.807) is 0 Å². The highest BCUT2D eigenvalue weighted by Gasteiger charge is 2.14. The molecule has 23 heavy (non-hydrogen) atoms. The van der Waals surface area contributed by atoms with Crippen molar-refractivity contribution in [2.75, 3.05) is 13.1 Å². The molecule has 0 radical (unpaired) electrons. The fourth-order valence-corrected chi connectivity index (χ4v) is 4.50. The van der Waals surface area contributed by atoms with E-state index in [0.717, 1.165) is 17.4 Å². The van der Waals surface area contributed by atoms with Crippen molar-refractivity contribution < 1.29 is 5.11 Å². The maximum absolute atomic E-state index is 10.3. The van der Waals surface area contributed by atoms with Gasteiger partial charge in [-0.15, -0.1) is 0 Å². The predicted octanol–water partition coefficient (Wildman–Crippen LogP) is 3.62. The minimum Gasteiger partial charge on any atom is -0.507 e. The molecule has 1 fully saturated rings. The molecule has 0 amide bonds. The lowest BCUT2D eigenvalue weighted by atomic mass is 10.1. The van der Waals surface area contributed by atoms with E-state index in [2.05, 4.69) is 30.0 Å². The Balaban J connectivity index is 1.84. The maximum Gasteiger partial charge on any atom is 0.126 e. The number of aryl methyl sites for hydroxylation is 2. The van der Waals surface area contributed by atoms with Gasteiger partial charge in [-0.2, -0.15) is 0 Å². The van der Waals surface area contributed by atoms with E-state index in [0.29, 0.717) is 14.3 Å². The summed E-state index contributed by atoms with van der Waals surface area (Å²) in [5.41, 5.74) is 3.70. The molecular weight excluding hydrogens is 301 g/mol. The van der Waals surface area contributed by atoms with Gasteiger partial charge in [0.1, 0.15) is 5.75 Å². The Labute approximate surface area is 141 Å². The van der Waals surface area contributed by atoms with Crippen molar-refractivity contribution in [3.05, 3.63) is 53.1 Å². The summed E-state index contributed by atoms with van der Waals surface area (Å²) in [6.07, 6.45) is 4.01. The Kier molecular flexibility index (Phi) is 5.35. The second kappa shape index (κ2) is 7.47. The number of hydrogen-bond acceptors (Lipinski definition) is 2. The quantitative estimate of drug-likeness (QED) is 0.867. The molecular formula is C20H26NOP. The molecule has 1 N–H and O–H groups in total. The molecule has 1 aliphatic rings. The zero-order chi connectivity index (χ0) is 16.2. The van der Waals surface area contributed by atoms with Crippen LogP contribution in [0.25, 0.3) is 0 Å². The van der Waals surface area contributed by atoms with Gasteiger partial charge in [0.05, 0.1) is 0 Å².